The average molecular weight is 379 g/mol. The van der Waals surface area contributed by atoms with Crippen LogP contribution in [0.2, 0.25) is 0 Å². The van der Waals surface area contributed by atoms with Gasteiger partial charge in [0.15, 0.2) is 0 Å². The van der Waals surface area contributed by atoms with Gasteiger partial charge in [-0.1, -0.05) is 26.8 Å². The van der Waals surface area contributed by atoms with Gasteiger partial charge in [-0.25, -0.2) is 4.79 Å². The summed E-state index contributed by atoms with van der Waals surface area (Å²) in [5.41, 5.74) is -0.239. The molecule has 1 aliphatic rings. The van der Waals surface area contributed by atoms with Crippen LogP contribution in [0.5, 0.6) is 0 Å². The van der Waals surface area contributed by atoms with Crippen molar-refractivity contribution >= 4 is 30.8 Å². The molecule has 1 aliphatic heterocycles. The van der Waals surface area contributed by atoms with Crippen LogP contribution in [0, 0.1) is 0 Å². The van der Waals surface area contributed by atoms with Gasteiger partial charge in [0.25, 0.3) is 0 Å². The standard InChI is InChI=1S/C14H22INO3/c1-14(2,3)16(13(17)18-4)9-6-10-19-12-7-5-8-15-11-12/h5,7-8,11H,6,9-10H2,1-4H3. The summed E-state index contributed by atoms with van der Waals surface area (Å²) in [7, 11) is 1.41. The van der Waals surface area contributed by atoms with Gasteiger partial charge in [-0.15, -0.1) is 0 Å². The van der Waals surface area contributed by atoms with Crippen molar-refractivity contribution in [3.8, 4) is 0 Å². The van der Waals surface area contributed by atoms with Crippen LogP contribution in [0.3, 0.4) is 0 Å². The molecule has 19 heavy (non-hydrogen) atoms. The number of allylic oxidation sites excluding steroid dienone is 2. The van der Waals surface area contributed by atoms with E-state index >= 15 is 0 Å². The normalized spacial score (nSPS) is 14.4. The first-order chi connectivity index (χ1) is 8.95. The van der Waals surface area contributed by atoms with E-state index in [-0.39, 0.29) is 32.4 Å². The van der Waals surface area contributed by atoms with Crippen molar-refractivity contribution in [3.05, 3.63) is 22.0 Å². The fourth-order valence-corrected chi connectivity index (χ4v) is 3.01. The summed E-state index contributed by atoms with van der Waals surface area (Å²) in [5, 5.41) is 0. The number of rotatable bonds is 5. The number of carbonyl (C=O) groups is 1. The molecule has 108 valence electrons. The Bertz CT molecular complexity index is 394. The van der Waals surface area contributed by atoms with E-state index in [1.807, 2.05) is 32.9 Å². The molecule has 1 amide bonds. The highest BCUT2D eigenvalue weighted by atomic mass is 127. The Morgan fingerprint density at radius 1 is 1.42 bits per heavy atom. The molecule has 0 atom stereocenters. The van der Waals surface area contributed by atoms with Gasteiger partial charge in [-0.2, -0.15) is 0 Å². The molecule has 0 spiro atoms. The predicted octanol–water partition coefficient (Wildman–Crippen LogP) is 3.44. The maximum Gasteiger partial charge on any atom is 0.409 e. The predicted molar refractivity (Wildman–Crippen MR) is 86.7 cm³/mol. The molecular weight excluding hydrogens is 357 g/mol. The molecule has 0 N–H and O–H groups in total. The lowest BCUT2D eigenvalue weighted by Crippen LogP contribution is -2.46. The smallest absolute Gasteiger partial charge is 0.409 e. The Hall–Kier alpha value is -0.850. The van der Waals surface area contributed by atoms with Gasteiger partial charge >= 0.3 is 6.09 Å². The largest absolute Gasteiger partial charge is 0.493 e. The summed E-state index contributed by atoms with van der Waals surface area (Å²) >= 11 is 0.0238. The summed E-state index contributed by atoms with van der Waals surface area (Å²) in [6, 6.07) is 0. The Labute approximate surface area is 125 Å². The van der Waals surface area contributed by atoms with Crippen molar-refractivity contribution in [2.75, 3.05) is 20.3 Å². The van der Waals surface area contributed by atoms with Gasteiger partial charge in [0.2, 0.25) is 0 Å². The van der Waals surface area contributed by atoms with E-state index in [0.29, 0.717) is 13.2 Å². The van der Waals surface area contributed by atoms with E-state index in [0.717, 1.165) is 12.2 Å². The molecule has 0 aromatic heterocycles. The second-order valence-electron chi connectivity index (χ2n) is 5.12. The number of methoxy groups -OCH3 is 1. The Balaban J connectivity index is 2.37. The zero-order chi connectivity index (χ0) is 14.3. The van der Waals surface area contributed by atoms with Gasteiger partial charge < -0.3 is 14.4 Å². The SMILES string of the molecule is COC(=O)N(CCCOC1=CI=CC=C1)C(C)(C)C. The minimum atomic E-state index is -0.287. The van der Waals surface area contributed by atoms with Crippen molar-refractivity contribution in [1.82, 2.24) is 4.90 Å². The monoisotopic (exact) mass is 379 g/mol. The molecule has 0 bridgehead atoms. The molecule has 0 unspecified atom stereocenters. The second kappa shape index (κ2) is 7.67. The number of ether oxygens (including phenoxy) is 2. The molecule has 5 heteroatoms. The first-order valence-corrected chi connectivity index (χ1v) is 8.74. The molecule has 0 aliphatic carbocycles. The van der Waals surface area contributed by atoms with Crippen LogP contribution in [-0.2, 0) is 9.47 Å². The molecule has 0 aromatic carbocycles. The summed E-state index contributed by atoms with van der Waals surface area (Å²) in [6.45, 7) is 7.24. The average Bonchev–Trinajstić information content (AvgIpc) is 2.37. The number of hydrogen-bond acceptors (Lipinski definition) is 3. The second-order valence-corrected chi connectivity index (χ2v) is 7.18. The van der Waals surface area contributed by atoms with E-state index in [2.05, 4.69) is 8.09 Å². The molecule has 0 aromatic rings. The number of amides is 1. The lowest BCUT2D eigenvalue weighted by atomic mass is 10.1. The highest BCUT2D eigenvalue weighted by Gasteiger charge is 2.26. The number of nitrogens with zero attached hydrogens (tertiary/aromatic N) is 1. The first-order valence-electron chi connectivity index (χ1n) is 6.25. The number of halogens is 1. The molecule has 1 rings (SSSR count). The van der Waals surface area contributed by atoms with Crippen molar-refractivity contribution in [2.45, 2.75) is 32.7 Å². The molecular formula is C14H22INO3. The third-order valence-corrected chi connectivity index (χ3v) is 4.38. The highest BCUT2D eigenvalue weighted by Crippen LogP contribution is 2.16. The number of hydrogen-bond donors (Lipinski definition) is 0. The van der Waals surface area contributed by atoms with Crippen molar-refractivity contribution in [3.63, 3.8) is 0 Å². The van der Waals surface area contributed by atoms with Gasteiger partial charge in [0, 0.05) is 16.2 Å². The summed E-state index contributed by atoms with van der Waals surface area (Å²) in [6.07, 6.45) is 4.52. The Morgan fingerprint density at radius 3 is 2.68 bits per heavy atom. The van der Waals surface area contributed by atoms with E-state index in [9.17, 15) is 4.79 Å². The Morgan fingerprint density at radius 2 is 2.16 bits per heavy atom. The fraction of sp³-hybridized carbons (Fsp3) is 0.571. The molecule has 0 radical (unpaired) electrons. The quantitative estimate of drug-likeness (QED) is 0.543. The van der Waals surface area contributed by atoms with Crippen LogP contribution < -0.4 is 0 Å². The van der Waals surface area contributed by atoms with Crippen LogP contribution in [0.15, 0.2) is 22.0 Å². The van der Waals surface area contributed by atoms with Crippen molar-refractivity contribution in [1.29, 1.82) is 0 Å². The minimum Gasteiger partial charge on any atom is -0.493 e. The van der Waals surface area contributed by atoms with Crippen LogP contribution in [-0.4, -0.2) is 40.8 Å². The molecule has 4 nitrogen and oxygen atoms in total. The molecule has 0 fully saturated rings. The van der Waals surface area contributed by atoms with Crippen molar-refractivity contribution in [2.24, 2.45) is 0 Å². The van der Waals surface area contributed by atoms with Crippen LogP contribution in [0.25, 0.3) is 0 Å². The summed E-state index contributed by atoms with van der Waals surface area (Å²) < 4.78 is 14.8. The lowest BCUT2D eigenvalue weighted by molar-refractivity contribution is 0.0780. The third kappa shape index (κ3) is 5.76. The lowest BCUT2D eigenvalue weighted by Gasteiger charge is -2.34. The fourth-order valence-electron chi connectivity index (χ4n) is 1.61. The third-order valence-electron chi connectivity index (χ3n) is 2.58. The molecule has 0 saturated heterocycles. The van der Waals surface area contributed by atoms with Crippen LogP contribution in [0.1, 0.15) is 27.2 Å². The minimum absolute atomic E-state index is 0.0238. The van der Waals surface area contributed by atoms with Gasteiger partial charge in [-0.3, -0.25) is 0 Å². The van der Waals surface area contributed by atoms with Crippen LogP contribution in [0.4, 0.5) is 4.79 Å². The van der Waals surface area contributed by atoms with Crippen LogP contribution >= 0.6 is 20.7 Å². The van der Waals surface area contributed by atoms with Crippen molar-refractivity contribution < 1.29 is 14.3 Å². The summed E-state index contributed by atoms with van der Waals surface area (Å²) in [5.74, 6) is 0.954. The topological polar surface area (TPSA) is 38.8 Å². The first kappa shape index (κ1) is 16.2. The maximum atomic E-state index is 11.7. The van der Waals surface area contributed by atoms with Gasteiger partial charge in [0.1, 0.15) is 5.76 Å². The Kier molecular flexibility index (Phi) is 6.54. The van der Waals surface area contributed by atoms with E-state index in [4.69, 9.17) is 9.47 Å². The summed E-state index contributed by atoms with van der Waals surface area (Å²) in [4.78, 5) is 13.4. The molecule has 0 saturated carbocycles. The zero-order valence-electron chi connectivity index (χ0n) is 12.0. The van der Waals surface area contributed by atoms with E-state index < -0.39 is 0 Å². The van der Waals surface area contributed by atoms with Gasteiger partial charge in [0.05, 0.1) is 13.7 Å². The maximum absolute atomic E-state index is 11.7. The number of carbonyl (C=O) groups excluding carboxylic acids is 1. The molecule has 1 heterocycles. The highest BCUT2D eigenvalue weighted by molar-refractivity contribution is 14.2. The van der Waals surface area contributed by atoms with E-state index in [1.54, 1.807) is 4.90 Å². The van der Waals surface area contributed by atoms with Gasteiger partial charge in [-0.05, 0) is 37.3 Å². The van der Waals surface area contributed by atoms with E-state index in [1.165, 1.54) is 7.11 Å². The zero-order valence-corrected chi connectivity index (χ0v) is 14.1.